The molecule has 20 heavy (non-hydrogen) atoms. The highest BCUT2D eigenvalue weighted by atomic mass is 16.4. The summed E-state index contributed by atoms with van der Waals surface area (Å²) < 4.78 is 0. The zero-order valence-electron chi connectivity index (χ0n) is 11.6. The Morgan fingerprint density at radius 1 is 1.40 bits per heavy atom. The van der Waals surface area contributed by atoms with Gasteiger partial charge in [0.15, 0.2) is 0 Å². The van der Waals surface area contributed by atoms with Crippen LogP contribution < -0.4 is 10.6 Å². The van der Waals surface area contributed by atoms with Crippen LogP contribution in [0, 0.1) is 5.92 Å². The first-order valence-electron chi connectivity index (χ1n) is 7.04. The Bertz CT molecular complexity index is 412. The Morgan fingerprint density at radius 3 is 2.80 bits per heavy atom. The lowest BCUT2D eigenvalue weighted by atomic mass is 9.91. The number of amides is 2. The summed E-state index contributed by atoms with van der Waals surface area (Å²) in [7, 11) is 0. The van der Waals surface area contributed by atoms with Crippen molar-refractivity contribution in [3.05, 3.63) is 0 Å². The second kappa shape index (κ2) is 6.21. The van der Waals surface area contributed by atoms with Gasteiger partial charge in [0.05, 0.1) is 12.5 Å². The number of carbonyl (C=O) groups excluding carboxylic acids is 2. The molecule has 0 radical (unpaired) electrons. The molecule has 0 spiro atoms. The molecule has 2 amide bonds. The van der Waals surface area contributed by atoms with E-state index in [1.54, 1.807) is 0 Å². The van der Waals surface area contributed by atoms with Crippen molar-refractivity contribution in [3.63, 3.8) is 0 Å². The third-order valence-electron chi connectivity index (χ3n) is 4.02. The van der Waals surface area contributed by atoms with Crippen LogP contribution >= 0.6 is 0 Å². The molecule has 0 bridgehead atoms. The zero-order chi connectivity index (χ0) is 14.7. The van der Waals surface area contributed by atoms with E-state index in [0.29, 0.717) is 13.1 Å². The second-order valence-electron chi connectivity index (χ2n) is 5.49. The molecule has 0 saturated carbocycles. The Kier molecular flexibility index (Phi) is 4.59. The normalized spacial score (nSPS) is 30.8. The molecule has 2 rings (SSSR count). The molecule has 2 heterocycles. The lowest BCUT2D eigenvalue weighted by Gasteiger charge is -2.39. The Morgan fingerprint density at radius 2 is 2.15 bits per heavy atom. The standard InChI is InChI=1S/C13H21N3O4/c1-8-3-2-4-14-11(8)13(20)16-6-5-15-12(19)9(16)7-10(17)18/h8-9,11,14H,2-7H2,1H3,(H,15,19)(H,17,18). The molecule has 2 aliphatic heterocycles. The zero-order valence-corrected chi connectivity index (χ0v) is 11.6. The molecule has 7 nitrogen and oxygen atoms in total. The first kappa shape index (κ1) is 14.8. The minimum absolute atomic E-state index is 0.154. The molecule has 2 aliphatic rings. The Hall–Kier alpha value is -1.63. The van der Waals surface area contributed by atoms with Gasteiger partial charge in [-0.15, -0.1) is 0 Å². The maximum atomic E-state index is 12.6. The first-order chi connectivity index (χ1) is 9.50. The quantitative estimate of drug-likeness (QED) is 0.628. The molecular weight excluding hydrogens is 262 g/mol. The Balaban J connectivity index is 2.12. The summed E-state index contributed by atoms with van der Waals surface area (Å²) in [6.07, 6.45) is 1.65. The van der Waals surface area contributed by atoms with Gasteiger partial charge in [-0.3, -0.25) is 14.4 Å². The molecule has 0 aromatic heterocycles. The molecular formula is C13H21N3O4. The number of hydrogen-bond donors (Lipinski definition) is 3. The molecule has 0 aromatic rings. The highest BCUT2D eigenvalue weighted by molar-refractivity contribution is 5.93. The smallest absolute Gasteiger partial charge is 0.305 e. The number of rotatable bonds is 3. The van der Waals surface area contributed by atoms with E-state index in [1.807, 2.05) is 6.92 Å². The van der Waals surface area contributed by atoms with Crippen LogP contribution in [0.15, 0.2) is 0 Å². The summed E-state index contributed by atoms with van der Waals surface area (Å²) in [5.74, 6) is -1.41. The lowest BCUT2D eigenvalue weighted by molar-refractivity contribution is -0.150. The van der Waals surface area contributed by atoms with Crippen LogP contribution in [-0.2, 0) is 14.4 Å². The van der Waals surface area contributed by atoms with Crippen LogP contribution in [0.2, 0.25) is 0 Å². The number of piperidine rings is 1. The molecule has 112 valence electrons. The van der Waals surface area contributed by atoms with E-state index in [-0.39, 0.29) is 30.2 Å². The highest BCUT2D eigenvalue weighted by Crippen LogP contribution is 2.20. The fourth-order valence-electron chi connectivity index (χ4n) is 2.91. The number of carboxylic acid groups (broad SMARTS) is 1. The summed E-state index contributed by atoms with van der Waals surface area (Å²) in [5, 5.41) is 14.7. The molecule has 2 saturated heterocycles. The maximum Gasteiger partial charge on any atom is 0.305 e. The fraction of sp³-hybridized carbons (Fsp3) is 0.769. The van der Waals surface area contributed by atoms with Crippen molar-refractivity contribution in [1.82, 2.24) is 15.5 Å². The minimum atomic E-state index is -1.07. The van der Waals surface area contributed by atoms with E-state index in [2.05, 4.69) is 10.6 Å². The van der Waals surface area contributed by atoms with Crippen molar-refractivity contribution >= 4 is 17.8 Å². The summed E-state index contributed by atoms with van der Waals surface area (Å²) in [6, 6.07) is -1.21. The highest BCUT2D eigenvalue weighted by Gasteiger charge is 2.39. The van der Waals surface area contributed by atoms with Gasteiger partial charge < -0.3 is 20.6 Å². The number of carbonyl (C=O) groups is 3. The van der Waals surface area contributed by atoms with E-state index in [4.69, 9.17) is 5.11 Å². The van der Waals surface area contributed by atoms with Crippen molar-refractivity contribution in [2.75, 3.05) is 19.6 Å². The Labute approximate surface area is 117 Å². The molecule has 7 heteroatoms. The van der Waals surface area contributed by atoms with Crippen LogP contribution in [-0.4, -0.2) is 59.5 Å². The average molecular weight is 283 g/mol. The number of nitrogens with zero attached hydrogens (tertiary/aromatic N) is 1. The summed E-state index contributed by atoms with van der Waals surface area (Å²) in [5.41, 5.74) is 0. The van der Waals surface area contributed by atoms with Crippen molar-refractivity contribution in [2.24, 2.45) is 5.92 Å². The van der Waals surface area contributed by atoms with Gasteiger partial charge in [0.2, 0.25) is 11.8 Å². The van der Waals surface area contributed by atoms with E-state index in [1.165, 1.54) is 4.90 Å². The van der Waals surface area contributed by atoms with E-state index in [9.17, 15) is 14.4 Å². The van der Waals surface area contributed by atoms with Crippen molar-refractivity contribution in [2.45, 2.75) is 38.3 Å². The van der Waals surface area contributed by atoms with Gasteiger partial charge in [-0.25, -0.2) is 0 Å². The van der Waals surface area contributed by atoms with E-state index in [0.717, 1.165) is 19.4 Å². The number of carboxylic acids is 1. The van der Waals surface area contributed by atoms with Gasteiger partial charge in [-0.2, -0.15) is 0 Å². The van der Waals surface area contributed by atoms with Gasteiger partial charge in [-0.05, 0) is 25.3 Å². The van der Waals surface area contributed by atoms with Gasteiger partial charge in [0.1, 0.15) is 6.04 Å². The predicted molar refractivity (Wildman–Crippen MR) is 71.0 cm³/mol. The SMILES string of the molecule is CC1CCCNC1C(=O)N1CCNC(=O)C1CC(=O)O. The van der Waals surface area contributed by atoms with Crippen LogP contribution in [0.5, 0.6) is 0 Å². The summed E-state index contributed by atoms with van der Waals surface area (Å²) in [4.78, 5) is 36.7. The fourth-order valence-corrected chi connectivity index (χ4v) is 2.91. The molecule has 0 aromatic carbocycles. The van der Waals surface area contributed by atoms with Crippen molar-refractivity contribution in [1.29, 1.82) is 0 Å². The van der Waals surface area contributed by atoms with Crippen LogP contribution in [0.4, 0.5) is 0 Å². The number of nitrogens with one attached hydrogen (secondary N) is 2. The minimum Gasteiger partial charge on any atom is -0.481 e. The van der Waals surface area contributed by atoms with Crippen molar-refractivity contribution in [3.8, 4) is 0 Å². The lowest BCUT2D eigenvalue weighted by Crippen LogP contribution is -2.62. The summed E-state index contributed by atoms with van der Waals surface area (Å²) in [6.45, 7) is 3.53. The predicted octanol–water partition coefficient (Wildman–Crippen LogP) is -0.824. The van der Waals surface area contributed by atoms with E-state index < -0.39 is 12.0 Å². The van der Waals surface area contributed by atoms with Gasteiger partial charge in [-0.1, -0.05) is 6.92 Å². The topological polar surface area (TPSA) is 98.7 Å². The molecule has 2 fully saturated rings. The molecule has 0 aliphatic carbocycles. The molecule has 3 atom stereocenters. The summed E-state index contributed by atoms with van der Waals surface area (Å²) >= 11 is 0. The van der Waals surface area contributed by atoms with Gasteiger partial charge in [0, 0.05) is 13.1 Å². The van der Waals surface area contributed by atoms with Gasteiger partial charge >= 0.3 is 5.97 Å². The number of piperazine rings is 1. The van der Waals surface area contributed by atoms with E-state index >= 15 is 0 Å². The molecule has 3 N–H and O–H groups in total. The van der Waals surface area contributed by atoms with Crippen LogP contribution in [0.3, 0.4) is 0 Å². The maximum absolute atomic E-state index is 12.6. The monoisotopic (exact) mass is 283 g/mol. The van der Waals surface area contributed by atoms with Gasteiger partial charge in [0.25, 0.3) is 0 Å². The molecule has 3 unspecified atom stereocenters. The largest absolute Gasteiger partial charge is 0.481 e. The third-order valence-corrected chi connectivity index (χ3v) is 4.02. The second-order valence-corrected chi connectivity index (χ2v) is 5.49. The average Bonchev–Trinajstić information content (AvgIpc) is 2.40. The van der Waals surface area contributed by atoms with Crippen LogP contribution in [0.1, 0.15) is 26.2 Å². The van der Waals surface area contributed by atoms with Crippen molar-refractivity contribution < 1.29 is 19.5 Å². The number of hydrogen-bond acceptors (Lipinski definition) is 4. The first-order valence-corrected chi connectivity index (χ1v) is 7.04. The van der Waals surface area contributed by atoms with Crippen LogP contribution in [0.25, 0.3) is 0 Å². The number of aliphatic carboxylic acids is 1. The third kappa shape index (κ3) is 3.09.